The summed E-state index contributed by atoms with van der Waals surface area (Å²) in [5, 5.41) is 32.9. The second kappa shape index (κ2) is 6.40. The van der Waals surface area contributed by atoms with Crippen molar-refractivity contribution < 1.29 is 10.0 Å². The Bertz CT molecular complexity index is 1020. The molecule has 0 aliphatic rings. The Morgan fingerprint density at radius 1 is 1.12 bits per heavy atom. The van der Waals surface area contributed by atoms with E-state index in [1.165, 1.54) is 4.68 Å². The first-order valence-corrected chi connectivity index (χ1v) is 7.21. The van der Waals surface area contributed by atoms with Gasteiger partial charge in [-0.05, 0) is 19.1 Å². The Balaban J connectivity index is 2.01. The number of para-hydroxylation sites is 1. The standard InChI is InChI=1S/C16H13N5O4/c1-10-15(16(23)20(19-10)11-5-3-2-4-6-11)18-17-13-9-12(21(24)25)7-8-14(13)22/h2-9,19,22H,1H3/p-1. The van der Waals surface area contributed by atoms with Crippen molar-refractivity contribution in [2.24, 2.45) is 10.2 Å². The van der Waals surface area contributed by atoms with Crippen LogP contribution in [0.5, 0.6) is 5.75 Å². The number of aromatic amines is 1. The molecular weight excluding hydrogens is 326 g/mol. The predicted octanol–water partition coefficient (Wildman–Crippen LogP) is 2.87. The van der Waals surface area contributed by atoms with Gasteiger partial charge in [0, 0.05) is 12.1 Å². The van der Waals surface area contributed by atoms with Crippen LogP contribution in [0.4, 0.5) is 17.1 Å². The molecular formula is C16H12N5O4-. The van der Waals surface area contributed by atoms with Crippen molar-refractivity contribution in [2.75, 3.05) is 0 Å². The van der Waals surface area contributed by atoms with E-state index in [0.29, 0.717) is 11.4 Å². The molecule has 0 aliphatic heterocycles. The Hall–Kier alpha value is -3.75. The van der Waals surface area contributed by atoms with Crippen molar-refractivity contribution in [1.29, 1.82) is 0 Å². The minimum atomic E-state index is -0.637. The highest BCUT2D eigenvalue weighted by Gasteiger charge is 2.12. The van der Waals surface area contributed by atoms with Gasteiger partial charge >= 0.3 is 0 Å². The molecule has 0 unspecified atom stereocenters. The number of aromatic nitrogens is 2. The van der Waals surface area contributed by atoms with Gasteiger partial charge in [0.05, 0.1) is 22.0 Å². The minimum absolute atomic E-state index is 0.0229. The maximum Gasteiger partial charge on any atom is 0.299 e. The number of benzene rings is 2. The summed E-state index contributed by atoms with van der Waals surface area (Å²) < 4.78 is 1.30. The van der Waals surface area contributed by atoms with Gasteiger partial charge in [-0.2, -0.15) is 5.11 Å². The van der Waals surface area contributed by atoms with E-state index in [9.17, 15) is 20.0 Å². The van der Waals surface area contributed by atoms with Crippen molar-refractivity contribution >= 4 is 17.1 Å². The van der Waals surface area contributed by atoms with Gasteiger partial charge in [-0.25, -0.2) is 4.68 Å². The molecule has 25 heavy (non-hydrogen) atoms. The van der Waals surface area contributed by atoms with Gasteiger partial charge in [-0.15, -0.1) is 5.11 Å². The normalized spacial score (nSPS) is 11.1. The fourth-order valence-electron chi connectivity index (χ4n) is 2.22. The SMILES string of the molecule is Cc1[nH]n(-c2ccccc2)c(=O)c1N=Nc1cc([N+](=O)[O-])ccc1[O-]. The van der Waals surface area contributed by atoms with E-state index in [1.807, 2.05) is 6.07 Å². The molecule has 0 saturated carbocycles. The molecule has 0 saturated heterocycles. The van der Waals surface area contributed by atoms with Gasteiger partial charge in [0.25, 0.3) is 11.2 Å². The molecule has 3 rings (SSSR count). The zero-order valence-electron chi connectivity index (χ0n) is 13.0. The summed E-state index contributed by atoms with van der Waals surface area (Å²) in [6.07, 6.45) is 0. The van der Waals surface area contributed by atoms with Crippen LogP contribution in [0.3, 0.4) is 0 Å². The Kier molecular flexibility index (Phi) is 4.12. The topological polar surface area (TPSA) is 129 Å². The molecule has 0 spiro atoms. The van der Waals surface area contributed by atoms with Crippen molar-refractivity contribution in [1.82, 2.24) is 9.78 Å². The van der Waals surface area contributed by atoms with E-state index in [2.05, 4.69) is 15.3 Å². The van der Waals surface area contributed by atoms with Gasteiger partial charge < -0.3 is 5.11 Å². The van der Waals surface area contributed by atoms with Gasteiger partial charge in [0.1, 0.15) is 0 Å². The summed E-state index contributed by atoms with van der Waals surface area (Å²) in [5.41, 5.74) is 0.175. The number of nitro benzene ring substituents is 1. The van der Waals surface area contributed by atoms with Crippen LogP contribution in [0.1, 0.15) is 5.69 Å². The Morgan fingerprint density at radius 2 is 1.84 bits per heavy atom. The van der Waals surface area contributed by atoms with Gasteiger partial charge in [-0.1, -0.05) is 30.0 Å². The van der Waals surface area contributed by atoms with Gasteiger partial charge in [0.2, 0.25) is 0 Å². The first kappa shape index (κ1) is 16.1. The molecule has 1 heterocycles. The van der Waals surface area contributed by atoms with Crippen molar-refractivity contribution in [3.05, 3.63) is 74.7 Å². The molecule has 1 aromatic heterocycles. The molecule has 2 aromatic carbocycles. The predicted molar refractivity (Wildman–Crippen MR) is 87.8 cm³/mol. The Morgan fingerprint density at radius 3 is 2.52 bits per heavy atom. The van der Waals surface area contributed by atoms with Crippen molar-refractivity contribution in [2.45, 2.75) is 6.92 Å². The minimum Gasteiger partial charge on any atom is -0.871 e. The lowest BCUT2D eigenvalue weighted by atomic mass is 10.2. The molecule has 3 aromatic rings. The van der Waals surface area contributed by atoms with E-state index < -0.39 is 16.2 Å². The van der Waals surface area contributed by atoms with Crippen LogP contribution in [0.25, 0.3) is 5.69 Å². The van der Waals surface area contributed by atoms with Crippen LogP contribution in [-0.2, 0) is 0 Å². The summed E-state index contributed by atoms with van der Waals surface area (Å²) in [4.78, 5) is 22.6. The van der Waals surface area contributed by atoms with Gasteiger partial charge in [0.15, 0.2) is 5.69 Å². The number of rotatable bonds is 4. The molecule has 9 heteroatoms. The van der Waals surface area contributed by atoms with Gasteiger partial charge in [-0.3, -0.25) is 20.0 Å². The fraction of sp³-hybridized carbons (Fsp3) is 0.0625. The smallest absolute Gasteiger partial charge is 0.299 e. The van der Waals surface area contributed by atoms with E-state index in [-0.39, 0.29) is 17.1 Å². The highest BCUT2D eigenvalue weighted by Crippen LogP contribution is 2.29. The van der Waals surface area contributed by atoms with Crippen LogP contribution < -0.4 is 10.7 Å². The van der Waals surface area contributed by atoms with Crippen LogP contribution in [0, 0.1) is 17.0 Å². The quantitative estimate of drug-likeness (QED) is 0.445. The molecule has 0 aliphatic carbocycles. The van der Waals surface area contributed by atoms with Crippen LogP contribution in [0.2, 0.25) is 0 Å². The summed E-state index contributed by atoms with van der Waals surface area (Å²) >= 11 is 0. The van der Waals surface area contributed by atoms with E-state index in [4.69, 9.17) is 0 Å². The number of H-pyrrole nitrogens is 1. The van der Waals surface area contributed by atoms with Crippen LogP contribution in [-0.4, -0.2) is 14.7 Å². The maximum absolute atomic E-state index is 12.5. The Labute approximate surface area is 141 Å². The maximum atomic E-state index is 12.5. The van der Waals surface area contributed by atoms with Crippen LogP contribution in [0.15, 0.2) is 63.6 Å². The average molecular weight is 338 g/mol. The highest BCUT2D eigenvalue weighted by atomic mass is 16.6. The molecule has 126 valence electrons. The summed E-state index contributed by atoms with van der Waals surface area (Å²) in [6, 6.07) is 12.0. The number of hydrogen-bond donors (Lipinski definition) is 1. The zero-order chi connectivity index (χ0) is 18.0. The lowest BCUT2D eigenvalue weighted by Gasteiger charge is -2.06. The summed E-state index contributed by atoms with van der Waals surface area (Å²) in [7, 11) is 0. The lowest BCUT2D eigenvalue weighted by molar-refractivity contribution is -0.385. The summed E-state index contributed by atoms with van der Waals surface area (Å²) in [6.45, 7) is 1.64. The van der Waals surface area contributed by atoms with Crippen molar-refractivity contribution in [3.63, 3.8) is 0 Å². The average Bonchev–Trinajstić information content (AvgIpc) is 2.89. The number of nitrogens with zero attached hydrogens (tertiary/aromatic N) is 4. The molecule has 1 N–H and O–H groups in total. The molecule has 9 nitrogen and oxygen atoms in total. The molecule has 0 radical (unpaired) electrons. The third-order valence-electron chi connectivity index (χ3n) is 3.47. The van der Waals surface area contributed by atoms with E-state index >= 15 is 0 Å². The molecule has 0 bridgehead atoms. The largest absolute Gasteiger partial charge is 0.871 e. The third-order valence-corrected chi connectivity index (χ3v) is 3.47. The molecule has 0 amide bonds. The first-order valence-electron chi connectivity index (χ1n) is 7.21. The number of aryl methyl sites for hydroxylation is 1. The van der Waals surface area contributed by atoms with E-state index in [1.54, 1.807) is 31.2 Å². The zero-order valence-corrected chi connectivity index (χ0v) is 13.0. The first-order chi connectivity index (χ1) is 12.0. The highest BCUT2D eigenvalue weighted by molar-refractivity contribution is 5.56. The monoisotopic (exact) mass is 338 g/mol. The number of hydrogen-bond acceptors (Lipinski definition) is 6. The fourth-order valence-corrected chi connectivity index (χ4v) is 2.22. The molecule has 0 atom stereocenters. The number of non-ortho nitro benzene ring substituents is 1. The number of azo groups is 1. The van der Waals surface area contributed by atoms with Crippen LogP contribution >= 0.6 is 0 Å². The van der Waals surface area contributed by atoms with E-state index in [0.717, 1.165) is 18.2 Å². The van der Waals surface area contributed by atoms with Crippen molar-refractivity contribution in [3.8, 4) is 11.4 Å². The summed E-state index contributed by atoms with van der Waals surface area (Å²) in [5.74, 6) is -0.522. The third kappa shape index (κ3) is 3.15. The number of nitrogens with one attached hydrogen (secondary N) is 1. The molecule has 0 fully saturated rings. The second-order valence-electron chi connectivity index (χ2n) is 5.17. The second-order valence-corrected chi connectivity index (χ2v) is 5.17. The lowest BCUT2D eigenvalue weighted by Crippen LogP contribution is -2.13. The number of nitro groups is 1.